The van der Waals surface area contributed by atoms with Crippen LogP contribution in [0, 0.1) is 0 Å². The summed E-state index contributed by atoms with van der Waals surface area (Å²) in [6.07, 6.45) is 0. The Labute approximate surface area is 124 Å². The van der Waals surface area contributed by atoms with Gasteiger partial charge in [-0.3, -0.25) is 0 Å². The molecule has 0 amide bonds. The Morgan fingerprint density at radius 1 is 1.29 bits per heavy atom. The Balaban J connectivity index is 2.09. The van der Waals surface area contributed by atoms with E-state index in [1.165, 1.54) is 11.1 Å². The van der Waals surface area contributed by atoms with E-state index in [0.29, 0.717) is 5.75 Å². The molecule has 4 heteroatoms. The fourth-order valence-corrected chi connectivity index (χ4v) is 3.07. The highest BCUT2D eigenvalue weighted by atomic mass is 16.5. The molecule has 3 rings (SSSR count). The van der Waals surface area contributed by atoms with Gasteiger partial charge in [-0.25, -0.2) is 0 Å². The first-order valence-corrected chi connectivity index (χ1v) is 7.03. The van der Waals surface area contributed by atoms with Crippen LogP contribution in [0.4, 0.5) is 5.69 Å². The number of likely N-dealkylation sites (N-methyl/N-ethyl adjacent to an activating group) is 1. The molecule has 0 aromatic heterocycles. The van der Waals surface area contributed by atoms with Gasteiger partial charge in [-0.2, -0.15) is 0 Å². The summed E-state index contributed by atoms with van der Waals surface area (Å²) >= 11 is 0. The van der Waals surface area contributed by atoms with E-state index in [2.05, 4.69) is 18.0 Å². The number of rotatable bonds is 2. The van der Waals surface area contributed by atoms with E-state index in [1.807, 2.05) is 24.3 Å². The minimum absolute atomic E-state index is 0.165. The van der Waals surface area contributed by atoms with E-state index in [9.17, 15) is 5.11 Å². The summed E-state index contributed by atoms with van der Waals surface area (Å²) in [4.78, 5) is 2.27. The van der Waals surface area contributed by atoms with Gasteiger partial charge < -0.3 is 20.5 Å². The predicted molar refractivity (Wildman–Crippen MR) is 83.7 cm³/mol. The van der Waals surface area contributed by atoms with Gasteiger partial charge in [0, 0.05) is 24.7 Å². The number of nitrogens with zero attached hydrogens (tertiary/aromatic N) is 1. The SMILES string of the molecule is COc1cc(C2CN(C)Cc3c(N)cccc32)ccc1O. The topological polar surface area (TPSA) is 58.7 Å². The van der Waals surface area contributed by atoms with E-state index >= 15 is 0 Å². The average Bonchev–Trinajstić information content (AvgIpc) is 2.48. The number of hydrogen-bond donors (Lipinski definition) is 2. The molecule has 0 saturated carbocycles. The number of fused-ring (bicyclic) bond motifs is 1. The zero-order chi connectivity index (χ0) is 15.0. The highest BCUT2D eigenvalue weighted by Gasteiger charge is 2.26. The van der Waals surface area contributed by atoms with Crippen LogP contribution in [-0.4, -0.2) is 30.7 Å². The summed E-state index contributed by atoms with van der Waals surface area (Å²) < 4.78 is 5.23. The molecule has 2 aromatic carbocycles. The van der Waals surface area contributed by atoms with Crippen molar-refractivity contribution in [2.24, 2.45) is 0 Å². The summed E-state index contributed by atoms with van der Waals surface area (Å²) in [6, 6.07) is 11.6. The molecule has 1 atom stereocenters. The lowest BCUT2D eigenvalue weighted by atomic mass is 9.84. The molecule has 3 N–H and O–H groups in total. The van der Waals surface area contributed by atoms with Crippen molar-refractivity contribution in [3.63, 3.8) is 0 Å². The fraction of sp³-hybridized carbons (Fsp3) is 0.294. The second-order valence-electron chi connectivity index (χ2n) is 5.60. The van der Waals surface area contributed by atoms with Gasteiger partial charge >= 0.3 is 0 Å². The number of ether oxygens (including phenoxy) is 1. The molecule has 1 unspecified atom stereocenters. The summed E-state index contributed by atoms with van der Waals surface area (Å²) in [6.45, 7) is 1.79. The summed E-state index contributed by atoms with van der Waals surface area (Å²) in [5.74, 6) is 0.904. The smallest absolute Gasteiger partial charge is 0.160 e. The van der Waals surface area contributed by atoms with Gasteiger partial charge in [-0.05, 0) is 41.9 Å². The molecule has 2 aromatic rings. The number of nitrogen functional groups attached to an aromatic ring is 1. The maximum atomic E-state index is 9.77. The first kappa shape index (κ1) is 13.8. The number of benzene rings is 2. The summed E-state index contributed by atoms with van der Waals surface area (Å²) in [5.41, 5.74) is 10.6. The Morgan fingerprint density at radius 3 is 2.86 bits per heavy atom. The Kier molecular flexibility index (Phi) is 3.47. The first-order chi connectivity index (χ1) is 10.1. The Bertz CT molecular complexity index is 670. The molecule has 1 heterocycles. The molecule has 0 bridgehead atoms. The molecular weight excluding hydrogens is 264 g/mol. The van der Waals surface area contributed by atoms with Crippen LogP contribution in [0.3, 0.4) is 0 Å². The van der Waals surface area contributed by atoms with Gasteiger partial charge in [0.05, 0.1) is 7.11 Å². The van der Waals surface area contributed by atoms with Crippen LogP contribution >= 0.6 is 0 Å². The average molecular weight is 284 g/mol. The fourth-order valence-electron chi connectivity index (χ4n) is 3.07. The molecule has 1 aliphatic rings. The maximum absolute atomic E-state index is 9.77. The first-order valence-electron chi connectivity index (χ1n) is 7.03. The zero-order valence-corrected chi connectivity index (χ0v) is 12.3. The van der Waals surface area contributed by atoms with Crippen molar-refractivity contribution in [2.45, 2.75) is 12.5 Å². The van der Waals surface area contributed by atoms with Crippen molar-refractivity contribution >= 4 is 5.69 Å². The largest absolute Gasteiger partial charge is 0.504 e. The normalized spacial score (nSPS) is 18.3. The minimum atomic E-state index is 0.165. The number of phenols is 1. The molecule has 0 spiro atoms. The van der Waals surface area contributed by atoms with Crippen molar-refractivity contribution in [2.75, 3.05) is 26.4 Å². The molecule has 21 heavy (non-hydrogen) atoms. The van der Waals surface area contributed by atoms with E-state index in [-0.39, 0.29) is 11.7 Å². The monoisotopic (exact) mass is 284 g/mol. The van der Waals surface area contributed by atoms with Crippen molar-refractivity contribution in [1.82, 2.24) is 4.90 Å². The number of hydrogen-bond acceptors (Lipinski definition) is 4. The van der Waals surface area contributed by atoms with Crippen LogP contribution in [0.25, 0.3) is 0 Å². The third-order valence-electron chi connectivity index (χ3n) is 4.15. The van der Waals surface area contributed by atoms with E-state index < -0.39 is 0 Å². The van der Waals surface area contributed by atoms with Crippen LogP contribution in [0.1, 0.15) is 22.6 Å². The van der Waals surface area contributed by atoms with Crippen molar-refractivity contribution in [1.29, 1.82) is 0 Å². The molecule has 110 valence electrons. The van der Waals surface area contributed by atoms with Gasteiger partial charge in [0.2, 0.25) is 0 Å². The lowest BCUT2D eigenvalue weighted by molar-refractivity contribution is 0.295. The molecule has 1 aliphatic heterocycles. The van der Waals surface area contributed by atoms with E-state index in [1.54, 1.807) is 13.2 Å². The van der Waals surface area contributed by atoms with Gasteiger partial charge in [0.15, 0.2) is 11.5 Å². The Morgan fingerprint density at radius 2 is 2.10 bits per heavy atom. The third kappa shape index (κ3) is 2.43. The second-order valence-corrected chi connectivity index (χ2v) is 5.60. The highest BCUT2D eigenvalue weighted by Crippen LogP contribution is 2.38. The van der Waals surface area contributed by atoms with E-state index in [4.69, 9.17) is 10.5 Å². The van der Waals surface area contributed by atoms with Gasteiger partial charge in [-0.15, -0.1) is 0 Å². The third-order valence-corrected chi connectivity index (χ3v) is 4.15. The zero-order valence-electron chi connectivity index (χ0n) is 12.3. The van der Waals surface area contributed by atoms with Crippen LogP contribution in [0.15, 0.2) is 36.4 Å². The van der Waals surface area contributed by atoms with Gasteiger partial charge in [0.25, 0.3) is 0 Å². The number of aromatic hydroxyl groups is 1. The number of nitrogens with two attached hydrogens (primary N) is 1. The summed E-state index contributed by atoms with van der Waals surface area (Å²) in [7, 11) is 3.66. The van der Waals surface area contributed by atoms with Crippen molar-refractivity contribution in [3.05, 3.63) is 53.1 Å². The van der Waals surface area contributed by atoms with Crippen molar-refractivity contribution < 1.29 is 9.84 Å². The van der Waals surface area contributed by atoms with Gasteiger partial charge in [-0.1, -0.05) is 18.2 Å². The Hall–Kier alpha value is -2.20. The molecule has 0 radical (unpaired) electrons. The quantitative estimate of drug-likeness (QED) is 0.832. The predicted octanol–water partition coefficient (Wildman–Crippen LogP) is 2.56. The molecular formula is C17H20N2O2. The number of phenolic OH excluding ortho intramolecular Hbond substituents is 1. The maximum Gasteiger partial charge on any atom is 0.160 e. The molecule has 0 fully saturated rings. The second kappa shape index (κ2) is 5.30. The van der Waals surface area contributed by atoms with Gasteiger partial charge in [0.1, 0.15) is 0 Å². The molecule has 0 aliphatic carbocycles. The van der Waals surface area contributed by atoms with Crippen molar-refractivity contribution in [3.8, 4) is 11.5 Å². The van der Waals surface area contributed by atoms with E-state index in [0.717, 1.165) is 24.3 Å². The highest BCUT2D eigenvalue weighted by molar-refractivity contribution is 5.56. The van der Waals surface area contributed by atoms with Crippen LogP contribution < -0.4 is 10.5 Å². The number of methoxy groups -OCH3 is 1. The number of anilines is 1. The standard InChI is InChI=1S/C17H20N2O2/c1-19-9-13(11-6-7-16(20)17(8-11)21-2)12-4-3-5-15(18)14(12)10-19/h3-8,13,20H,9-10,18H2,1-2H3. The molecule has 0 saturated heterocycles. The lowest BCUT2D eigenvalue weighted by Crippen LogP contribution is -2.31. The van der Waals surface area contributed by atoms with Crippen LogP contribution in [0.2, 0.25) is 0 Å². The lowest BCUT2D eigenvalue weighted by Gasteiger charge is -2.33. The van der Waals surface area contributed by atoms with Crippen LogP contribution in [0.5, 0.6) is 11.5 Å². The molecule has 4 nitrogen and oxygen atoms in total. The minimum Gasteiger partial charge on any atom is -0.504 e. The van der Waals surface area contributed by atoms with Crippen LogP contribution in [-0.2, 0) is 6.54 Å². The summed E-state index contributed by atoms with van der Waals surface area (Å²) in [5, 5.41) is 9.77.